The van der Waals surface area contributed by atoms with Crippen molar-refractivity contribution in [1.29, 1.82) is 0 Å². The van der Waals surface area contributed by atoms with E-state index in [1.54, 1.807) is 17.0 Å². The molecule has 0 bridgehead atoms. The molecule has 2 atom stereocenters. The molecule has 3 aromatic rings. The lowest BCUT2D eigenvalue weighted by atomic mass is 9.82. The topological polar surface area (TPSA) is 150 Å². The minimum absolute atomic E-state index is 0.141. The number of aromatic carboxylic acids is 1. The quantitative estimate of drug-likeness (QED) is 0.280. The van der Waals surface area contributed by atoms with Crippen molar-refractivity contribution >= 4 is 29.4 Å². The lowest BCUT2D eigenvalue weighted by molar-refractivity contribution is -0.192. The molecule has 1 saturated heterocycles. The number of halogens is 3. The van der Waals surface area contributed by atoms with Crippen LogP contribution < -0.4 is 11.1 Å². The third-order valence-corrected chi connectivity index (χ3v) is 7.66. The van der Waals surface area contributed by atoms with E-state index in [1.807, 2.05) is 48.5 Å². The second kappa shape index (κ2) is 13.7. The first kappa shape index (κ1) is 32.2. The van der Waals surface area contributed by atoms with Crippen molar-refractivity contribution in [1.82, 2.24) is 4.90 Å². The number of nitrogens with two attached hydrogens (primary N) is 1. The van der Waals surface area contributed by atoms with Gasteiger partial charge < -0.3 is 26.2 Å². The molecule has 1 heterocycles. The lowest BCUT2D eigenvalue weighted by Gasteiger charge is -2.40. The van der Waals surface area contributed by atoms with Gasteiger partial charge in [0.1, 0.15) is 6.04 Å². The predicted molar refractivity (Wildman–Crippen MR) is 155 cm³/mol. The number of carboxylic acids is 2. The molecule has 0 radical (unpaired) electrons. The minimum atomic E-state index is -5.08. The number of amides is 2. The van der Waals surface area contributed by atoms with Crippen molar-refractivity contribution < 1.29 is 42.6 Å². The van der Waals surface area contributed by atoms with Crippen molar-refractivity contribution in [2.45, 2.75) is 56.3 Å². The van der Waals surface area contributed by atoms with Crippen molar-refractivity contribution in [3.8, 4) is 0 Å². The largest absolute Gasteiger partial charge is 0.490 e. The second-order valence-electron chi connectivity index (χ2n) is 10.7. The highest BCUT2D eigenvalue weighted by atomic mass is 19.4. The molecule has 2 fully saturated rings. The number of carbonyl (C=O) groups is 4. The highest BCUT2D eigenvalue weighted by Gasteiger charge is 2.41. The van der Waals surface area contributed by atoms with Crippen LogP contribution in [0.1, 0.15) is 74.9 Å². The van der Waals surface area contributed by atoms with Gasteiger partial charge in [-0.05, 0) is 84.7 Å². The first-order valence-electron chi connectivity index (χ1n) is 14.0. The fraction of sp³-hybridized carbons (Fsp3) is 0.312. The molecule has 2 aliphatic rings. The van der Waals surface area contributed by atoms with Gasteiger partial charge in [0, 0.05) is 30.3 Å². The number of rotatable bonds is 7. The Bertz CT molecular complexity index is 1510. The Morgan fingerprint density at radius 1 is 0.886 bits per heavy atom. The lowest BCUT2D eigenvalue weighted by Crippen LogP contribution is -2.53. The molecule has 2 amide bonds. The summed E-state index contributed by atoms with van der Waals surface area (Å²) in [5, 5.41) is 19.2. The first-order valence-corrected chi connectivity index (χ1v) is 14.0. The number of likely N-dealkylation sites (tertiary alicyclic amines) is 1. The first-order chi connectivity index (χ1) is 20.9. The van der Waals surface area contributed by atoms with Crippen molar-refractivity contribution in [2.24, 2.45) is 5.73 Å². The van der Waals surface area contributed by atoms with E-state index in [9.17, 15) is 32.7 Å². The van der Waals surface area contributed by atoms with E-state index in [4.69, 9.17) is 15.6 Å². The number of nitrogens with zero attached hydrogens (tertiary/aromatic N) is 1. The van der Waals surface area contributed by atoms with Crippen LogP contribution in [0.2, 0.25) is 0 Å². The van der Waals surface area contributed by atoms with Gasteiger partial charge in [0.05, 0.1) is 5.56 Å². The normalized spacial score (nSPS) is 18.0. The van der Waals surface area contributed by atoms with E-state index in [-0.39, 0.29) is 23.3 Å². The average molecular weight is 612 g/mol. The summed E-state index contributed by atoms with van der Waals surface area (Å²) < 4.78 is 31.7. The van der Waals surface area contributed by atoms with Crippen LogP contribution >= 0.6 is 0 Å². The van der Waals surface area contributed by atoms with E-state index in [0.29, 0.717) is 30.3 Å². The monoisotopic (exact) mass is 611 g/mol. The predicted octanol–water partition coefficient (Wildman–Crippen LogP) is 5.38. The molecule has 44 heavy (non-hydrogen) atoms. The number of benzene rings is 3. The molecule has 0 spiro atoms. The van der Waals surface area contributed by atoms with E-state index in [0.717, 1.165) is 42.4 Å². The Labute approximate surface area is 251 Å². The number of aliphatic carboxylic acids is 1. The number of carboxylic acid groups (broad SMARTS) is 2. The van der Waals surface area contributed by atoms with Crippen LogP contribution in [-0.4, -0.2) is 57.6 Å². The number of nitrogens with one attached hydrogen (secondary N) is 1. The van der Waals surface area contributed by atoms with E-state index >= 15 is 0 Å². The Balaban J connectivity index is 0.000000566. The van der Waals surface area contributed by atoms with E-state index in [1.165, 1.54) is 12.1 Å². The highest BCUT2D eigenvalue weighted by Crippen LogP contribution is 2.42. The molecule has 1 aliphatic heterocycles. The Kier molecular flexibility index (Phi) is 10.0. The highest BCUT2D eigenvalue weighted by molar-refractivity contribution is 6.02. The van der Waals surface area contributed by atoms with E-state index in [2.05, 4.69) is 5.32 Å². The second-order valence-corrected chi connectivity index (χ2v) is 10.7. The van der Waals surface area contributed by atoms with E-state index < -0.39 is 24.2 Å². The van der Waals surface area contributed by atoms with Gasteiger partial charge in [0.2, 0.25) is 5.91 Å². The van der Waals surface area contributed by atoms with Gasteiger partial charge in [0.15, 0.2) is 0 Å². The number of carbonyl (C=O) groups excluding carboxylic acids is 2. The molecular weight excluding hydrogens is 579 g/mol. The minimum Gasteiger partial charge on any atom is -0.478 e. The molecule has 2 unspecified atom stereocenters. The van der Waals surface area contributed by atoms with Crippen molar-refractivity contribution in [3.63, 3.8) is 0 Å². The fourth-order valence-corrected chi connectivity index (χ4v) is 5.36. The summed E-state index contributed by atoms with van der Waals surface area (Å²) in [6.07, 6.45) is -1.30. The van der Waals surface area contributed by atoms with Crippen molar-refractivity contribution in [3.05, 3.63) is 101 Å². The number of hydrogen-bond acceptors (Lipinski definition) is 5. The zero-order chi connectivity index (χ0) is 32.0. The summed E-state index contributed by atoms with van der Waals surface area (Å²) in [5.41, 5.74) is 10.4. The van der Waals surface area contributed by atoms with Crippen LogP contribution in [-0.2, 0) is 16.1 Å². The molecule has 3 aromatic carbocycles. The van der Waals surface area contributed by atoms with Gasteiger partial charge in [-0.1, -0.05) is 36.4 Å². The Hall–Kier alpha value is -4.71. The number of hydrogen-bond donors (Lipinski definition) is 4. The molecule has 5 N–H and O–H groups in total. The molecule has 12 heteroatoms. The van der Waals surface area contributed by atoms with Gasteiger partial charge in [-0.3, -0.25) is 9.59 Å². The number of piperidine rings is 1. The van der Waals surface area contributed by atoms with Crippen LogP contribution in [0.5, 0.6) is 0 Å². The third-order valence-electron chi connectivity index (χ3n) is 7.66. The van der Waals surface area contributed by atoms with Gasteiger partial charge in [-0.2, -0.15) is 13.2 Å². The molecule has 232 valence electrons. The standard InChI is InChI=1S/C30H31N3O4.C2HF3O2/c31-18-23-11-10-22(17-26(23)20-8-9-20)29(35)33-16-4-7-25(19-5-2-1-3-6-19)27(33)28(34)32-24-14-12-21(13-15-24)30(36)37;3-2(4,5)1(6)7/h1-3,5-6,10-15,17,20,25,27H,4,7-9,16,18,31H2,(H,32,34)(H,36,37);(H,6,7). The van der Waals surface area contributed by atoms with Crippen LogP contribution in [0, 0.1) is 0 Å². The Morgan fingerprint density at radius 3 is 2.05 bits per heavy atom. The zero-order valence-corrected chi connectivity index (χ0v) is 23.6. The van der Waals surface area contributed by atoms with Crippen LogP contribution in [0.3, 0.4) is 0 Å². The van der Waals surface area contributed by atoms with Crippen molar-refractivity contribution in [2.75, 3.05) is 11.9 Å². The zero-order valence-electron chi connectivity index (χ0n) is 23.6. The fourth-order valence-electron chi connectivity index (χ4n) is 5.36. The van der Waals surface area contributed by atoms with Gasteiger partial charge in [0.25, 0.3) is 5.91 Å². The molecule has 9 nitrogen and oxygen atoms in total. The Morgan fingerprint density at radius 2 is 1.50 bits per heavy atom. The molecular formula is C32H32F3N3O6. The van der Waals surface area contributed by atoms with Gasteiger partial charge in [-0.15, -0.1) is 0 Å². The molecule has 5 rings (SSSR count). The molecule has 0 aromatic heterocycles. The average Bonchev–Trinajstić information content (AvgIpc) is 3.86. The van der Waals surface area contributed by atoms with Crippen LogP contribution in [0.25, 0.3) is 0 Å². The van der Waals surface area contributed by atoms with Crippen LogP contribution in [0.4, 0.5) is 18.9 Å². The number of anilines is 1. The summed E-state index contributed by atoms with van der Waals surface area (Å²) in [6, 6.07) is 20.9. The smallest absolute Gasteiger partial charge is 0.478 e. The van der Waals surface area contributed by atoms with Gasteiger partial charge in [-0.25, -0.2) is 9.59 Å². The SMILES string of the molecule is NCc1ccc(C(=O)N2CCCC(c3ccccc3)C2C(=O)Nc2ccc(C(=O)O)cc2)cc1C1CC1.O=C(O)C(F)(F)F. The number of alkyl halides is 3. The summed E-state index contributed by atoms with van der Waals surface area (Å²) in [7, 11) is 0. The molecule has 1 aliphatic carbocycles. The summed E-state index contributed by atoms with van der Waals surface area (Å²) in [4.78, 5) is 49.5. The maximum atomic E-state index is 13.9. The van der Waals surface area contributed by atoms with Gasteiger partial charge >= 0.3 is 18.1 Å². The van der Waals surface area contributed by atoms with Crippen LogP contribution in [0.15, 0.2) is 72.8 Å². The third kappa shape index (κ3) is 7.81. The summed E-state index contributed by atoms with van der Waals surface area (Å²) >= 11 is 0. The maximum Gasteiger partial charge on any atom is 0.490 e. The summed E-state index contributed by atoms with van der Waals surface area (Å²) in [5.74, 6) is -3.94. The summed E-state index contributed by atoms with van der Waals surface area (Å²) in [6.45, 7) is 0.918. The maximum absolute atomic E-state index is 13.9. The molecule has 1 saturated carbocycles.